The van der Waals surface area contributed by atoms with Crippen molar-refractivity contribution in [2.45, 2.75) is 31.2 Å². The first-order valence-electron chi connectivity index (χ1n) is 6.10. The van der Waals surface area contributed by atoms with Crippen LogP contribution in [0.5, 0.6) is 0 Å². The summed E-state index contributed by atoms with van der Waals surface area (Å²) in [6.07, 6.45) is 2.68. The van der Waals surface area contributed by atoms with Crippen molar-refractivity contribution in [1.29, 1.82) is 0 Å². The molecule has 1 aromatic carbocycles. The second kappa shape index (κ2) is 4.98. The Labute approximate surface area is 112 Å². The van der Waals surface area contributed by atoms with Crippen LogP contribution in [0, 0.1) is 5.82 Å². The molecule has 0 heterocycles. The van der Waals surface area contributed by atoms with Gasteiger partial charge in [-0.15, -0.1) is 0 Å². The number of hydrogen-bond acceptors (Lipinski definition) is 2. The molecule has 2 rings (SSSR count). The number of nitrogens with zero attached hydrogens (tertiary/aromatic N) is 1. The average molecular weight is 270 g/mol. The van der Waals surface area contributed by atoms with Gasteiger partial charge in [0.2, 0.25) is 0 Å². The highest BCUT2D eigenvalue weighted by Gasteiger charge is 2.38. The zero-order valence-electron chi connectivity index (χ0n) is 10.7. The summed E-state index contributed by atoms with van der Waals surface area (Å²) in [5.41, 5.74) is 0.789. The smallest absolute Gasteiger partial charge is 0.141 e. The first-order chi connectivity index (χ1) is 8.45. The van der Waals surface area contributed by atoms with E-state index in [4.69, 9.17) is 11.6 Å². The van der Waals surface area contributed by atoms with Crippen LogP contribution in [0.2, 0.25) is 5.02 Å². The maximum atomic E-state index is 13.3. The number of carbonyl (C=O) groups is 1. The van der Waals surface area contributed by atoms with Crippen LogP contribution in [-0.4, -0.2) is 24.8 Å². The van der Waals surface area contributed by atoms with Crippen LogP contribution in [0.3, 0.4) is 0 Å². The van der Waals surface area contributed by atoms with Crippen LogP contribution in [-0.2, 0) is 10.3 Å². The number of benzene rings is 1. The Morgan fingerprint density at radius 2 is 1.89 bits per heavy atom. The lowest BCUT2D eigenvalue weighted by atomic mass is 9.75. The van der Waals surface area contributed by atoms with Gasteiger partial charge in [0.1, 0.15) is 11.6 Å². The molecule has 0 spiro atoms. The van der Waals surface area contributed by atoms with E-state index in [0.717, 1.165) is 18.4 Å². The van der Waals surface area contributed by atoms with Crippen molar-refractivity contribution in [1.82, 2.24) is 4.90 Å². The summed E-state index contributed by atoms with van der Waals surface area (Å²) in [7, 11) is 3.99. The summed E-state index contributed by atoms with van der Waals surface area (Å²) in [5.74, 6) is -0.0955. The summed E-state index contributed by atoms with van der Waals surface area (Å²) >= 11 is 5.87. The molecule has 1 aromatic rings. The number of carbonyl (C=O) groups excluding carboxylic acids is 1. The molecule has 0 saturated heterocycles. The second-order valence-electron chi connectivity index (χ2n) is 5.09. The van der Waals surface area contributed by atoms with Crippen LogP contribution in [0.4, 0.5) is 4.39 Å². The zero-order valence-corrected chi connectivity index (χ0v) is 11.4. The van der Waals surface area contributed by atoms with E-state index in [9.17, 15) is 9.18 Å². The predicted molar refractivity (Wildman–Crippen MR) is 70.3 cm³/mol. The van der Waals surface area contributed by atoms with Crippen molar-refractivity contribution in [2.75, 3.05) is 14.1 Å². The lowest BCUT2D eigenvalue weighted by Gasteiger charge is -2.43. The normalized spacial score (nSPS) is 19.3. The van der Waals surface area contributed by atoms with Gasteiger partial charge >= 0.3 is 0 Å². The van der Waals surface area contributed by atoms with Crippen molar-refractivity contribution in [3.63, 3.8) is 0 Å². The molecule has 2 nitrogen and oxygen atoms in total. The van der Waals surface area contributed by atoms with E-state index in [1.54, 1.807) is 12.1 Å². The summed E-state index contributed by atoms with van der Waals surface area (Å²) < 4.78 is 13.3. The van der Waals surface area contributed by atoms with Gasteiger partial charge in [0.25, 0.3) is 0 Å². The Morgan fingerprint density at radius 3 is 2.39 bits per heavy atom. The molecule has 0 amide bonds. The molecule has 1 saturated carbocycles. The average Bonchev–Trinajstić information content (AvgIpc) is 2.34. The molecular weight excluding hydrogens is 253 g/mol. The molecule has 1 aliphatic carbocycles. The van der Waals surface area contributed by atoms with Gasteiger partial charge in [-0.25, -0.2) is 4.39 Å². The number of hydrogen-bond donors (Lipinski definition) is 0. The van der Waals surface area contributed by atoms with Crippen molar-refractivity contribution in [3.8, 4) is 0 Å². The van der Waals surface area contributed by atoms with Crippen molar-refractivity contribution < 1.29 is 9.18 Å². The molecule has 0 unspecified atom stereocenters. The van der Waals surface area contributed by atoms with Gasteiger partial charge in [0.15, 0.2) is 0 Å². The molecule has 0 aromatic heterocycles. The van der Waals surface area contributed by atoms with E-state index in [1.165, 1.54) is 6.07 Å². The highest BCUT2D eigenvalue weighted by atomic mass is 35.5. The molecule has 0 bridgehead atoms. The van der Waals surface area contributed by atoms with E-state index in [1.807, 2.05) is 14.1 Å². The minimum Gasteiger partial charge on any atom is -0.300 e. The molecule has 0 radical (unpaired) electrons. The molecule has 0 N–H and O–H groups in total. The first-order valence-corrected chi connectivity index (χ1v) is 6.48. The van der Waals surface area contributed by atoms with Crippen LogP contribution < -0.4 is 0 Å². The van der Waals surface area contributed by atoms with Crippen molar-refractivity contribution >= 4 is 17.4 Å². The van der Waals surface area contributed by atoms with Gasteiger partial charge in [-0.2, -0.15) is 0 Å². The molecule has 98 valence electrons. The Kier molecular flexibility index (Phi) is 3.74. The number of Topliss-reactive ketones (excluding diaryl/α,β-unsaturated/α-hetero) is 1. The maximum absolute atomic E-state index is 13.3. The van der Waals surface area contributed by atoms with Gasteiger partial charge in [-0.05, 0) is 44.6 Å². The first kappa shape index (κ1) is 13.5. The van der Waals surface area contributed by atoms with Crippen molar-refractivity contribution in [3.05, 3.63) is 34.6 Å². The number of rotatable bonds is 2. The summed E-state index contributed by atoms with van der Waals surface area (Å²) in [4.78, 5) is 13.5. The molecule has 1 aliphatic rings. The van der Waals surface area contributed by atoms with Gasteiger partial charge in [0.05, 0.1) is 5.02 Å². The largest absolute Gasteiger partial charge is 0.300 e. The standard InChI is InChI=1S/C14H17ClFNO/c1-17(2)14(7-5-11(18)6-8-14)10-3-4-13(16)12(15)9-10/h3-4,9H,5-8H2,1-2H3. The monoisotopic (exact) mass is 269 g/mol. The summed E-state index contributed by atoms with van der Waals surface area (Å²) in [5, 5.41) is 0.144. The fourth-order valence-corrected chi connectivity index (χ4v) is 2.90. The van der Waals surface area contributed by atoms with Gasteiger partial charge in [0, 0.05) is 18.4 Å². The Morgan fingerprint density at radius 1 is 1.28 bits per heavy atom. The fraction of sp³-hybridized carbons (Fsp3) is 0.500. The topological polar surface area (TPSA) is 20.3 Å². The van der Waals surface area contributed by atoms with E-state index < -0.39 is 5.82 Å². The minimum absolute atomic E-state index is 0.144. The van der Waals surface area contributed by atoms with Gasteiger partial charge < -0.3 is 0 Å². The summed E-state index contributed by atoms with van der Waals surface area (Å²) in [6, 6.07) is 4.86. The quantitative estimate of drug-likeness (QED) is 0.820. The van der Waals surface area contributed by atoms with Crippen LogP contribution in [0.1, 0.15) is 31.2 Å². The van der Waals surface area contributed by atoms with Crippen LogP contribution >= 0.6 is 11.6 Å². The van der Waals surface area contributed by atoms with Crippen LogP contribution in [0.25, 0.3) is 0 Å². The molecule has 0 atom stereocenters. The fourth-order valence-electron chi connectivity index (χ4n) is 2.72. The van der Waals surface area contributed by atoms with E-state index in [-0.39, 0.29) is 10.6 Å². The van der Waals surface area contributed by atoms with Crippen LogP contribution in [0.15, 0.2) is 18.2 Å². The predicted octanol–water partition coefficient (Wildman–Crippen LogP) is 3.38. The third kappa shape index (κ3) is 2.29. The van der Waals surface area contributed by atoms with E-state index in [0.29, 0.717) is 18.6 Å². The Balaban J connectivity index is 2.41. The molecular formula is C14H17ClFNO. The maximum Gasteiger partial charge on any atom is 0.141 e. The van der Waals surface area contributed by atoms with Gasteiger partial charge in [-0.3, -0.25) is 9.69 Å². The number of halogens is 2. The van der Waals surface area contributed by atoms with Gasteiger partial charge in [-0.1, -0.05) is 17.7 Å². The highest BCUT2D eigenvalue weighted by molar-refractivity contribution is 6.30. The third-order valence-electron chi connectivity index (χ3n) is 3.95. The molecule has 18 heavy (non-hydrogen) atoms. The highest BCUT2D eigenvalue weighted by Crippen LogP contribution is 2.40. The zero-order chi connectivity index (χ0) is 13.3. The number of ketones is 1. The van der Waals surface area contributed by atoms with E-state index in [2.05, 4.69) is 4.90 Å². The minimum atomic E-state index is -0.402. The SMILES string of the molecule is CN(C)C1(c2ccc(F)c(Cl)c2)CCC(=O)CC1. The summed E-state index contributed by atoms with van der Waals surface area (Å²) in [6.45, 7) is 0. The molecule has 1 fully saturated rings. The lowest BCUT2D eigenvalue weighted by Crippen LogP contribution is -2.44. The lowest BCUT2D eigenvalue weighted by molar-refractivity contribution is -0.122. The second-order valence-corrected chi connectivity index (χ2v) is 5.50. The molecule has 0 aliphatic heterocycles. The van der Waals surface area contributed by atoms with Crippen molar-refractivity contribution in [2.24, 2.45) is 0 Å². The van der Waals surface area contributed by atoms with E-state index >= 15 is 0 Å². The Bertz CT molecular complexity index is 463. The third-order valence-corrected chi connectivity index (χ3v) is 4.24. The molecule has 4 heteroatoms. The Hall–Kier alpha value is -0.930.